The molecule has 0 radical (unpaired) electrons. The summed E-state index contributed by atoms with van der Waals surface area (Å²) in [6.45, 7) is 3.11. The lowest BCUT2D eigenvalue weighted by atomic mass is 10.2. The van der Waals surface area contributed by atoms with Crippen LogP contribution in [0.5, 0.6) is 0 Å². The van der Waals surface area contributed by atoms with Crippen molar-refractivity contribution < 1.29 is 9.47 Å². The van der Waals surface area contributed by atoms with Gasteiger partial charge in [0, 0.05) is 25.6 Å². The van der Waals surface area contributed by atoms with Gasteiger partial charge in [-0.25, -0.2) is 0 Å². The van der Waals surface area contributed by atoms with Crippen LogP contribution in [0.4, 0.5) is 5.00 Å². The number of nitrogens with one attached hydrogen (secondary N) is 1. The molecule has 1 aromatic carbocycles. The monoisotopic (exact) mass is 280 g/mol. The molecule has 0 unspecified atom stereocenters. The molecule has 0 aliphatic heterocycles. The van der Waals surface area contributed by atoms with Crippen molar-refractivity contribution in [3.8, 4) is 0 Å². The molecular formula is C14H20N2O2S. The highest BCUT2D eigenvalue weighted by atomic mass is 32.1. The van der Waals surface area contributed by atoms with Gasteiger partial charge in [-0.2, -0.15) is 4.37 Å². The number of hydrogen-bond donors (Lipinski definition) is 1. The Hall–Kier alpha value is -1.17. The maximum Gasteiger partial charge on any atom is 0.117 e. The zero-order valence-electron chi connectivity index (χ0n) is 11.2. The Morgan fingerprint density at radius 2 is 2.05 bits per heavy atom. The maximum absolute atomic E-state index is 5.42. The fourth-order valence-electron chi connectivity index (χ4n) is 1.79. The third-order valence-electron chi connectivity index (χ3n) is 2.82. The van der Waals surface area contributed by atoms with Gasteiger partial charge in [0.15, 0.2) is 0 Å². The van der Waals surface area contributed by atoms with E-state index < -0.39 is 0 Å². The molecule has 1 N–H and O–H groups in total. The third kappa shape index (κ3) is 4.45. The molecule has 0 bridgehead atoms. The van der Waals surface area contributed by atoms with Crippen molar-refractivity contribution in [3.05, 3.63) is 24.3 Å². The highest BCUT2D eigenvalue weighted by molar-refractivity contribution is 7.11. The molecule has 0 fully saturated rings. The lowest BCUT2D eigenvalue weighted by Crippen LogP contribution is -2.05. The van der Waals surface area contributed by atoms with Crippen LogP contribution in [-0.2, 0) is 9.47 Å². The molecule has 0 aliphatic rings. The molecule has 0 saturated carbocycles. The molecule has 2 aromatic rings. The minimum absolute atomic E-state index is 0.672. The minimum atomic E-state index is 0.672. The molecule has 0 spiro atoms. The summed E-state index contributed by atoms with van der Waals surface area (Å²) in [7, 11) is 1.69. The van der Waals surface area contributed by atoms with E-state index in [9.17, 15) is 0 Å². The lowest BCUT2D eigenvalue weighted by molar-refractivity contribution is 0.0691. The van der Waals surface area contributed by atoms with E-state index in [0.29, 0.717) is 13.2 Å². The molecular weight excluding hydrogens is 260 g/mol. The molecule has 1 aromatic heterocycles. The largest absolute Gasteiger partial charge is 0.382 e. The molecule has 4 nitrogen and oxygen atoms in total. The number of benzene rings is 1. The number of anilines is 1. The predicted octanol–water partition coefficient (Wildman–Crippen LogP) is 3.15. The van der Waals surface area contributed by atoms with E-state index in [1.807, 2.05) is 18.2 Å². The number of nitrogens with zero attached hydrogens (tertiary/aromatic N) is 1. The average molecular weight is 280 g/mol. The molecule has 1 heterocycles. The smallest absolute Gasteiger partial charge is 0.117 e. The Morgan fingerprint density at radius 1 is 1.16 bits per heavy atom. The van der Waals surface area contributed by atoms with Crippen LogP contribution < -0.4 is 5.32 Å². The van der Waals surface area contributed by atoms with Crippen molar-refractivity contribution in [2.24, 2.45) is 0 Å². The first-order valence-electron chi connectivity index (χ1n) is 6.57. The van der Waals surface area contributed by atoms with Crippen LogP contribution in [0.3, 0.4) is 0 Å². The Balaban J connectivity index is 1.63. The normalized spacial score (nSPS) is 11.0. The van der Waals surface area contributed by atoms with E-state index >= 15 is 0 Å². The first kappa shape index (κ1) is 14.2. The van der Waals surface area contributed by atoms with Gasteiger partial charge in [-0.1, -0.05) is 12.1 Å². The second-order valence-electron chi connectivity index (χ2n) is 4.27. The number of aromatic nitrogens is 1. The number of methoxy groups -OCH3 is 1. The van der Waals surface area contributed by atoms with E-state index in [0.717, 1.165) is 36.5 Å². The van der Waals surface area contributed by atoms with Crippen LogP contribution in [0.2, 0.25) is 0 Å². The van der Waals surface area contributed by atoms with Gasteiger partial charge in [-0.3, -0.25) is 0 Å². The quantitative estimate of drug-likeness (QED) is 0.717. The summed E-state index contributed by atoms with van der Waals surface area (Å²) in [6.07, 6.45) is 2.16. The number of unbranched alkanes of at least 4 members (excludes halogenated alkanes) is 1. The van der Waals surface area contributed by atoms with Crippen LogP contribution in [0.15, 0.2) is 24.3 Å². The van der Waals surface area contributed by atoms with Crippen molar-refractivity contribution in [2.75, 3.05) is 38.8 Å². The number of rotatable bonds is 9. The Bertz CT molecular complexity index is 487. The Morgan fingerprint density at radius 3 is 2.95 bits per heavy atom. The van der Waals surface area contributed by atoms with Gasteiger partial charge >= 0.3 is 0 Å². The summed E-state index contributed by atoms with van der Waals surface area (Å²) >= 11 is 1.53. The fraction of sp³-hybridized carbons (Fsp3) is 0.500. The molecule has 0 atom stereocenters. The van der Waals surface area contributed by atoms with Crippen molar-refractivity contribution >= 4 is 27.4 Å². The lowest BCUT2D eigenvalue weighted by Gasteiger charge is -2.05. The summed E-state index contributed by atoms with van der Waals surface area (Å²) in [6, 6.07) is 8.21. The Labute approximate surface area is 117 Å². The third-order valence-corrected chi connectivity index (χ3v) is 3.65. The van der Waals surface area contributed by atoms with Crippen molar-refractivity contribution in [1.29, 1.82) is 0 Å². The summed E-state index contributed by atoms with van der Waals surface area (Å²) in [5.74, 6) is 0. The van der Waals surface area contributed by atoms with E-state index in [4.69, 9.17) is 9.47 Å². The summed E-state index contributed by atoms with van der Waals surface area (Å²) < 4.78 is 14.7. The maximum atomic E-state index is 5.42. The van der Waals surface area contributed by atoms with Crippen molar-refractivity contribution in [2.45, 2.75) is 12.8 Å². The standard InChI is InChI=1S/C14H20N2O2S/c1-17-10-11-18-9-5-4-8-15-14-12-6-2-3-7-13(12)16-19-14/h2-3,6-7,15H,4-5,8-11H2,1H3. The topological polar surface area (TPSA) is 43.4 Å². The van der Waals surface area contributed by atoms with Gasteiger partial charge in [0.1, 0.15) is 5.00 Å². The highest BCUT2D eigenvalue weighted by Crippen LogP contribution is 2.26. The van der Waals surface area contributed by atoms with E-state index in [2.05, 4.69) is 15.8 Å². The van der Waals surface area contributed by atoms with E-state index in [1.165, 1.54) is 16.9 Å². The zero-order chi connectivity index (χ0) is 13.3. The summed E-state index contributed by atoms with van der Waals surface area (Å²) in [4.78, 5) is 0. The molecule has 5 heteroatoms. The molecule has 104 valence electrons. The van der Waals surface area contributed by atoms with Crippen LogP contribution in [0, 0.1) is 0 Å². The van der Waals surface area contributed by atoms with E-state index in [-0.39, 0.29) is 0 Å². The SMILES string of the molecule is COCCOCCCCNc1snc2ccccc12. The van der Waals surface area contributed by atoms with E-state index in [1.54, 1.807) is 7.11 Å². The van der Waals surface area contributed by atoms with Crippen LogP contribution in [-0.4, -0.2) is 37.8 Å². The average Bonchev–Trinajstić information content (AvgIpc) is 2.85. The molecule has 0 aliphatic carbocycles. The summed E-state index contributed by atoms with van der Waals surface area (Å²) in [5.41, 5.74) is 1.07. The van der Waals surface area contributed by atoms with Gasteiger partial charge in [0.05, 0.1) is 18.7 Å². The van der Waals surface area contributed by atoms with Gasteiger partial charge in [0.2, 0.25) is 0 Å². The van der Waals surface area contributed by atoms with Crippen LogP contribution in [0.1, 0.15) is 12.8 Å². The molecule has 0 saturated heterocycles. The Kier molecular flexibility index (Phi) is 6.07. The van der Waals surface area contributed by atoms with Gasteiger partial charge in [-0.15, -0.1) is 0 Å². The van der Waals surface area contributed by atoms with Crippen LogP contribution in [0.25, 0.3) is 10.9 Å². The highest BCUT2D eigenvalue weighted by Gasteiger charge is 2.03. The number of fused-ring (bicyclic) bond motifs is 1. The molecule has 19 heavy (non-hydrogen) atoms. The minimum Gasteiger partial charge on any atom is -0.382 e. The van der Waals surface area contributed by atoms with Gasteiger partial charge in [-0.05, 0) is 36.5 Å². The molecule has 2 rings (SSSR count). The summed E-state index contributed by atoms with van der Waals surface area (Å²) in [5, 5.41) is 5.82. The zero-order valence-corrected chi connectivity index (χ0v) is 12.0. The van der Waals surface area contributed by atoms with Crippen molar-refractivity contribution in [1.82, 2.24) is 4.37 Å². The van der Waals surface area contributed by atoms with Crippen LogP contribution >= 0.6 is 11.5 Å². The predicted molar refractivity (Wildman–Crippen MR) is 80.0 cm³/mol. The van der Waals surface area contributed by atoms with Crippen molar-refractivity contribution in [3.63, 3.8) is 0 Å². The fourth-order valence-corrected chi connectivity index (χ4v) is 2.58. The number of hydrogen-bond acceptors (Lipinski definition) is 5. The first-order valence-corrected chi connectivity index (χ1v) is 7.34. The second kappa shape index (κ2) is 8.09. The molecule has 0 amide bonds. The first-order chi connectivity index (χ1) is 9.42. The number of ether oxygens (including phenoxy) is 2. The van der Waals surface area contributed by atoms with Gasteiger partial charge < -0.3 is 14.8 Å². The second-order valence-corrected chi connectivity index (χ2v) is 5.04. The van der Waals surface area contributed by atoms with Gasteiger partial charge in [0.25, 0.3) is 0 Å².